The van der Waals surface area contributed by atoms with E-state index in [9.17, 15) is 12.6 Å². The quantitative estimate of drug-likeness (QED) is 0.712. The van der Waals surface area contributed by atoms with Crippen LogP contribution >= 0.6 is 0 Å². The average molecular weight is 333 g/mol. The minimum absolute atomic E-state index is 0.181. The van der Waals surface area contributed by atoms with Gasteiger partial charge in [0.15, 0.2) is 0 Å². The molecule has 6 nitrogen and oxygen atoms in total. The molecular weight excluding hydrogens is 310 g/mol. The molecule has 1 aromatic rings. The van der Waals surface area contributed by atoms with Crippen LogP contribution in [0.3, 0.4) is 0 Å². The molecule has 0 saturated carbocycles. The minimum atomic E-state index is -3.58. The summed E-state index contributed by atoms with van der Waals surface area (Å²) in [6.07, 6.45) is 4.55. The molecule has 0 bridgehead atoms. The molecule has 1 heterocycles. The van der Waals surface area contributed by atoms with Gasteiger partial charge in [-0.25, -0.2) is 18.1 Å². The van der Waals surface area contributed by atoms with Crippen LogP contribution in [-0.2, 0) is 20.8 Å². The lowest BCUT2D eigenvalue weighted by molar-refractivity contribution is 0.555. The second-order valence-corrected chi connectivity index (χ2v) is 8.16. The summed E-state index contributed by atoms with van der Waals surface area (Å²) in [6.45, 7) is 4.53. The summed E-state index contributed by atoms with van der Waals surface area (Å²) in [7, 11) is -4.51. The molecule has 0 fully saturated rings. The maximum absolute atomic E-state index is 12.3. The highest BCUT2D eigenvalue weighted by Gasteiger charge is 2.18. The van der Waals surface area contributed by atoms with Crippen molar-refractivity contribution in [3.05, 3.63) is 18.3 Å². The maximum atomic E-state index is 12.3. The van der Waals surface area contributed by atoms with Crippen LogP contribution in [-0.4, -0.2) is 42.2 Å². The topological polar surface area (TPSA) is 88.2 Å². The van der Waals surface area contributed by atoms with Gasteiger partial charge in [0.1, 0.15) is 5.82 Å². The van der Waals surface area contributed by atoms with Crippen LogP contribution in [0.2, 0.25) is 0 Å². The van der Waals surface area contributed by atoms with Crippen molar-refractivity contribution in [3.63, 3.8) is 0 Å². The van der Waals surface area contributed by atoms with Crippen molar-refractivity contribution in [3.8, 4) is 0 Å². The molecule has 1 rings (SSSR count). The molecule has 0 amide bonds. The molecule has 0 aromatic carbocycles. The SMILES string of the molecule is CCCNc1cc(S(=O)(=O)NC(C)CCS(C)=O)ccn1. The van der Waals surface area contributed by atoms with E-state index in [1.54, 1.807) is 13.2 Å². The highest BCUT2D eigenvalue weighted by molar-refractivity contribution is 7.89. The van der Waals surface area contributed by atoms with Crippen molar-refractivity contribution >= 4 is 26.6 Å². The molecule has 8 heteroatoms. The Hall–Kier alpha value is -0.990. The van der Waals surface area contributed by atoms with Gasteiger partial charge < -0.3 is 5.32 Å². The lowest BCUT2D eigenvalue weighted by Gasteiger charge is -2.14. The average Bonchev–Trinajstić information content (AvgIpc) is 2.43. The fourth-order valence-corrected chi connectivity index (χ4v) is 3.64. The molecule has 2 unspecified atom stereocenters. The van der Waals surface area contributed by atoms with Gasteiger partial charge in [-0.2, -0.15) is 0 Å². The van der Waals surface area contributed by atoms with Gasteiger partial charge in [0.25, 0.3) is 0 Å². The predicted octanol–water partition coefficient (Wildman–Crippen LogP) is 1.34. The fraction of sp³-hybridized carbons (Fsp3) is 0.615. The molecule has 21 heavy (non-hydrogen) atoms. The van der Waals surface area contributed by atoms with Gasteiger partial charge in [0.05, 0.1) is 4.90 Å². The Kier molecular flexibility index (Phi) is 7.27. The number of sulfonamides is 1. The summed E-state index contributed by atoms with van der Waals surface area (Å²) < 4.78 is 38.2. The summed E-state index contributed by atoms with van der Waals surface area (Å²) in [6, 6.07) is 2.71. The number of hydrogen-bond acceptors (Lipinski definition) is 5. The zero-order valence-corrected chi connectivity index (χ0v) is 14.3. The molecule has 2 atom stereocenters. The largest absolute Gasteiger partial charge is 0.370 e. The van der Waals surface area contributed by atoms with Crippen LogP contribution in [0, 0.1) is 0 Å². The van der Waals surface area contributed by atoms with Crippen molar-refractivity contribution in [2.45, 2.75) is 37.6 Å². The molecular formula is C13H23N3O3S2. The van der Waals surface area contributed by atoms with Crippen LogP contribution in [0.25, 0.3) is 0 Å². The van der Waals surface area contributed by atoms with Crippen molar-refractivity contribution in [1.82, 2.24) is 9.71 Å². The van der Waals surface area contributed by atoms with Gasteiger partial charge in [0, 0.05) is 47.7 Å². The van der Waals surface area contributed by atoms with E-state index in [0.717, 1.165) is 13.0 Å². The molecule has 120 valence electrons. The summed E-state index contributed by atoms with van der Waals surface area (Å²) in [5.41, 5.74) is 0. The minimum Gasteiger partial charge on any atom is -0.370 e. The number of nitrogens with zero attached hydrogens (tertiary/aromatic N) is 1. The third kappa shape index (κ3) is 6.54. The van der Waals surface area contributed by atoms with Gasteiger partial charge in [0.2, 0.25) is 10.0 Å². The number of hydrogen-bond donors (Lipinski definition) is 2. The smallest absolute Gasteiger partial charge is 0.240 e. The highest BCUT2D eigenvalue weighted by Crippen LogP contribution is 2.13. The molecule has 0 aliphatic heterocycles. The Labute approximate surface area is 129 Å². The number of nitrogens with one attached hydrogen (secondary N) is 2. The van der Waals surface area contributed by atoms with Crippen molar-refractivity contribution in [2.24, 2.45) is 0 Å². The molecule has 2 N–H and O–H groups in total. The second-order valence-electron chi connectivity index (χ2n) is 4.89. The van der Waals surface area contributed by atoms with Gasteiger partial charge in [-0.3, -0.25) is 4.21 Å². The summed E-state index contributed by atoms with van der Waals surface area (Å²) in [5.74, 6) is 1.02. The van der Waals surface area contributed by atoms with Crippen molar-refractivity contribution in [2.75, 3.05) is 23.9 Å². The van der Waals surface area contributed by atoms with Crippen LogP contribution in [0.15, 0.2) is 23.2 Å². The monoisotopic (exact) mass is 333 g/mol. The Morgan fingerprint density at radius 1 is 1.43 bits per heavy atom. The highest BCUT2D eigenvalue weighted by atomic mass is 32.2. The summed E-state index contributed by atoms with van der Waals surface area (Å²) in [4.78, 5) is 4.27. The lowest BCUT2D eigenvalue weighted by Crippen LogP contribution is -2.33. The Bertz CT molecular complexity index is 576. The molecule has 1 aromatic heterocycles. The standard InChI is InChI=1S/C13H23N3O3S2/c1-4-7-14-13-10-12(5-8-15-13)21(18,19)16-11(2)6-9-20(3)17/h5,8,10-11,16H,4,6-7,9H2,1-3H3,(H,14,15). The van der Waals surface area contributed by atoms with E-state index in [1.165, 1.54) is 18.3 Å². The lowest BCUT2D eigenvalue weighted by atomic mass is 10.3. The van der Waals surface area contributed by atoms with E-state index in [0.29, 0.717) is 18.0 Å². The molecule has 0 radical (unpaired) electrons. The van der Waals surface area contributed by atoms with E-state index < -0.39 is 20.8 Å². The first-order valence-corrected chi connectivity index (χ1v) is 10.1. The zero-order valence-electron chi connectivity index (χ0n) is 12.6. The van der Waals surface area contributed by atoms with Gasteiger partial charge >= 0.3 is 0 Å². The van der Waals surface area contributed by atoms with E-state index in [1.807, 2.05) is 6.92 Å². The van der Waals surface area contributed by atoms with E-state index in [4.69, 9.17) is 0 Å². The number of aromatic nitrogens is 1. The Morgan fingerprint density at radius 2 is 2.14 bits per heavy atom. The van der Waals surface area contributed by atoms with Crippen LogP contribution in [0.1, 0.15) is 26.7 Å². The molecule has 0 saturated heterocycles. The molecule has 0 aliphatic carbocycles. The Morgan fingerprint density at radius 3 is 2.76 bits per heavy atom. The van der Waals surface area contributed by atoms with Gasteiger partial charge in [-0.15, -0.1) is 0 Å². The van der Waals surface area contributed by atoms with Crippen molar-refractivity contribution < 1.29 is 12.6 Å². The Balaban J connectivity index is 2.75. The third-order valence-corrected chi connectivity index (χ3v) is 5.19. The number of anilines is 1. The first-order valence-electron chi connectivity index (χ1n) is 6.87. The number of pyridine rings is 1. The predicted molar refractivity (Wildman–Crippen MR) is 86.4 cm³/mol. The molecule has 0 spiro atoms. The first kappa shape index (κ1) is 18.1. The third-order valence-electron chi connectivity index (χ3n) is 2.79. The van der Waals surface area contributed by atoms with Gasteiger partial charge in [-0.1, -0.05) is 6.92 Å². The summed E-state index contributed by atoms with van der Waals surface area (Å²) >= 11 is 0. The maximum Gasteiger partial charge on any atom is 0.240 e. The fourth-order valence-electron chi connectivity index (χ4n) is 1.66. The van der Waals surface area contributed by atoms with Crippen LogP contribution in [0.4, 0.5) is 5.82 Å². The van der Waals surface area contributed by atoms with Gasteiger partial charge in [-0.05, 0) is 25.8 Å². The number of rotatable bonds is 9. The normalized spacial score (nSPS) is 14.6. The molecule has 0 aliphatic rings. The second kappa shape index (κ2) is 8.45. The first-order chi connectivity index (χ1) is 9.85. The van der Waals surface area contributed by atoms with Crippen LogP contribution < -0.4 is 10.0 Å². The van der Waals surface area contributed by atoms with E-state index in [2.05, 4.69) is 15.0 Å². The summed E-state index contributed by atoms with van der Waals surface area (Å²) in [5, 5.41) is 3.06. The van der Waals surface area contributed by atoms with E-state index >= 15 is 0 Å². The van der Waals surface area contributed by atoms with Crippen molar-refractivity contribution in [1.29, 1.82) is 0 Å². The van der Waals surface area contributed by atoms with Crippen LogP contribution in [0.5, 0.6) is 0 Å². The zero-order chi connectivity index (χ0) is 15.9. The van der Waals surface area contributed by atoms with E-state index in [-0.39, 0.29) is 10.9 Å².